The van der Waals surface area contributed by atoms with Gasteiger partial charge in [0.05, 0.1) is 3.57 Å². The van der Waals surface area contributed by atoms with Gasteiger partial charge in [0, 0.05) is 22.0 Å². The third-order valence-electron chi connectivity index (χ3n) is 1.27. The lowest BCUT2D eigenvalue weighted by Gasteiger charge is -1.93. The van der Waals surface area contributed by atoms with E-state index in [2.05, 4.69) is 68.3 Å². The van der Waals surface area contributed by atoms with Crippen molar-refractivity contribution in [2.75, 3.05) is 0 Å². The SMILES string of the molecule is CC[n+]1cc(I)ccc1Br. The van der Waals surface area contributed by atoms with Crippen molar-refractivity contribution in [2.24, 2.45) is 0 Å². The van der Waals surface area contributed by atoms with Crippen molar-refractivity contribution in [1.82, 2.24) is 0 Å². The summed E-state index contributed by atoms with van der Waals surface area (Å²) in [7, 11) is 0. The molecule has 0 spiro atoms. The summed E-state index contributed by atoms with van der Waals surface area (Å²) >= 11 is 5.75. The summed E-state index contributed by atoms with van der Waals surface area (Å²) in [6.07, 6.45) is 2.12. The van der Waals surface area contributed by atoms with Crippen molar-refractivity contribution in [1.29, 1.82) is 0 Å². The molecule has 1 heterocycles. The van der Waals surface area contributed by atoms with Gasteiger partial charge in [0.25, 0.3) is 0 Å². The Bertz CT molecular complexity index is 237. The summed E-state index contributed by atoms with van der Waals surface area (Å²) in [5, 5.41) is 0. The zero-order valence-corrected chi connectivity index (χ0v) is 9.39. The second kappa shape index (κ2) is 3.67. The summed E-state index contributed by atoms with van der Waals surface area (Å²) in [6.45, 7) is 3.14. The summed E-state index contributed by atoms with van der Waals surface area (Å²) in [4.78, 5) is 0. The highest BCUT2D eigenvalue weighted by Gasteiger charge is 2.03. The Morgan fingerprint density at radius 1 is 1.60 bits per heavy atom. The first-order valence-electron chi connectivity index (χ1n) is 3.08. The van der Waals surface area contributed by atoms with Crippen LogP contribution in [0.3, 0.4) is 0 Å². The lowest BCUT2D eigenvalue weighted by atomic mass is 10.5. The van der Waals surface area contributed by atoms with Crippen molar-refractivity contribution < 1.29 is 4.57 Å². The van der Waals surface area contributed by atoms with E-state index in [1.165, 1.54) is 3.57 Å². The summed E-state index contributed by atoms with van der Waals surface area (Å²) in [5.74, 6) is 0. The van der Waals surface area contributed by atoms with Crippen LogP contribution in [0.4, 0.5) is 0 Å². The molecule has 3 heteroatoms. The molecule has 0 atom stereocenters. The quantitative estimate of drug-likeness (QED) is 0.426. The molecule has 1 aromatic rings. The van der Waals surface area contributed by atoms with Gasteiger partial charge < -0.3 is 0 Å². The zero-order chi connectivity index (χ0) is 7.56. The molecule has 1 rings (SSSR count). The van der Waals surface area contributed by atoms with Crippen molar-refractivity contribution in [2.45, 2.75) is 13.5 Å². The van der Waals surface area contributed by atoms with Gasteiger partial charge in [-0.2, -0.15) is 4.57 Å². The maximum absolute atomic E-state index is 3.45. The van der Waals surface area contributed by atoms with Crippen LogP contribution in [-0.2, 0) is 6.54 Å². The Labute approximate surface area is 82.7 Å². The van der Waals surface area contributed by atoms with E-state index in [-0.39, 0.29) is 0 Å². The Kier molecular flexibility index (Phi) is 3.10. The maximum atomic E-state index is 3.45. The van der Waals surface area contributed by atoms with Crippen molar-refractivity contribution in [3.05, 3.63) is 26.5 Å². The highest BCUT2D eigenvalue weighted by molar-refractivity contribution is 14.1. The van der Waals surface area contributed by atoms with Gasteiger partial charge in [-0.1, -0.05) is 0 Å². The predicted octanol–water partition coefficient (Wildman–Crippen LogP) is 2.36. The van der Waals surface area contributed by atoms with Crippen LogP contribution in [0, 0.1) is 3.57 Å². The van der Waals surface area contributed by atoms with Crippen LogP contribution < -0.4 is 4.57 Å². The first kappa shape index (κ1) is 8.46. The minimum Gasteiger partial charge on any atom is -0.192 e. The van der Waals surface area contributed by atoms with E-state index in [1.807, 2.05) is 0 Å². The van der Waals surface area contributed by atoms with Crippen LogP contribution in [0.5, 0.6) is 0 Å². The van der Waals surface area contributed by atoms with E-state index >= 15 is 0 Å². The van der Waals surface area contributed by atoms with Crippen LogP contribution in [0.25, 0.3) is 0 Å². The number of aryl methyl sites for hydroxylation is 1. The highest BCUT2D eigenvalue weighted by Crippen LogP contribution is 2.06. The fourth-order valence-corrected chi connectivity index (χ4v) is 1.74. The average molecular weight is 313 g/mol. The largest absolute Gasteiger partial charge is 0.247 e. The molecule has 0 amide bonds. The number of pyridine rings is 1. The van der Waals surface area contributed by atoms with Crippen LogP contribution in [0.1, 0.15) is 6.92 Å². The van der Waals surface area contributed by atoms with Gasteiger partial charge in [0.2, 0.25) is 4.60 Å². The number of hydrogen-bond acceptors (Lipinski definition) is 0. The normalized spacial score (nSPS) is 9.90. The van der Waals surface area contributed by atoms with Gasteiger partial charge in [-0.15, -0.1) is 0 Å². The van der Waals surface area contributed by atoms with E-state index in [4.69, 9.17) is 0 Å². The molecule has 10 heavy (non-hydrogen) atoms. The topological polar surface area (TPSA) is 3.88 Å². The number of halogens is 2. The summed E-state index contributed by atoms with van der Waals surface area (Å²) in [6, 6.07) is 4.14. The van der Waals surface area contributed by atoms with Crippen LogP contribution in [0.15, 0.2) is 22.9 Å². The van der Waals surface area contributed by atoms with Crippen LogP contribution in [0.2, 0.25) is 0 Å². The van der Waals surface area contributed by atoms with Gasteiger partial charge in [-0.05, 0) is 35.6 Å². The lowest BCUT2D eigenvalue weighted by molar-refractivity contribution is -0.704. The van der Waals surface area contributed by atoms with Gasteiger partial charge >= 0.3 is 0 Å². The fourth-order valence-electron chi connectivity index (χ4n) is 0.740. The molecule has 0 saturated heterocycles. The number of hydrogen-bond donors (Lipinski definition) is 0. The minimum atomic E-state index is 1.01. The molecule has 0 bridgehead atoms. The summed E-state index contributed by atoms with van der Waals surface area (Å²) < 4.78 is 4.56. The molecule has 0 aliphatic rings. The van der Waals surface area contributed by atoms with Gasteiger partial charge in [0.1, 0.15) is 6.54 Å². The molecule has 1 aromatic heterocycles. The molecule has 54 valence electrons. The van der Waals surface area contributed by atoms with E-state index < -0.39 is 0 Å². The zero-order valence-electron chi connectivity index (χ0n) is 5.64. The lowest BCUT2D eigenvalue weighted by Crippen LogP contribution is -2.33. The molecular formula is C7H8BrIN+. The Morgan fingerprint density at radius 2 is 2.30 bits per heavy atom. The van der Waals surface area contributed by atoms with E-state index in [0.29, 0.717) is 0 Å². The minimum absolute atomic E-state index is 1.01. The van der Waals surface area contributed by atoms with Crippen molar-refractivity contribution in [3.63, 3.8) is 0 Å². The molecule has 0 aromatic carbocycles. The number of rotatable bonds is 1. The monoisotopic (exact) mass is 312 g/mol. The van der Waals surface area contributed by atoms with Gasteiger partial charge in [-0.25, -0.2) is 0 Å². The van der Waals surface area contributed by atoms with E-state index in [9.17, 15) is 0 Å². The van der Waals surface area contributed by atoms with Crippen molar-refractivity contribution in [3.8, 4) is 0 Å². The Morgan fingerprint density at radius 3 is 2.80 bits per heavy atom. The molecule has 0 unspecified atom stereocenters. The van der Waals surface area contributed by atoms with E-state index in [1.54, 1.807) is 0 Å². The predicted molar refractivity (Wildman–Crippen MR) is 52.7 cm³/mol. The molecule has 0 aliphatic heterocycles. The van der Waals surface area contributed by atoms with Crippen LogP contribution in [-0.4, -0.2) is 0 Å². The molecule has 0 aliphatic carbocycles. The third-order valence-corrected chi connectivity index (χ3v) is 2.63. The second-order valence-electron chi connectivity index (χ2n) is 1.96. The fraction of sp³-hybridized carbons (Fsp3) is 0.286. The smallest absolute Gasteiger partial charge is 0.192 e. The first-order valence-corrected chi connectivity index (χ1v) is 4.95. The van der Waals surface area contributed by atoms with Crippen molar-refractivity contribution >= 4 is 38.5 Å². The van der Waals surface area contributed by atoms with Gasteiger partial charge in [-0.3, -0.25) is 0 Å². The maximum Gasteiger partial charge on any atom is 0.247 e. The highest BCUT2D eigenvalue weighted by atomic mass is 127. The Balaban J connectivity index is 3.09. The molecular weight excluding hydrogens is 305 g/mol. The molecule has 0 fully saturated rings. The molecule has 0 N–H and O–H groups in total. The standard InChI is InChI=1S/C7H8BrIN/c1-2-10-5-6(9)3-4-7(10)8/h3-5H,2H2,1H3/q+1. The average Bonchev–Trinajstić information content (AvgIpc) is 1.94. The molecule has 0 radical (unpaired) electrons. The number of aromatic nitrogens is 1. The summed E-state index contributed by atoms with van der Waals surface area (Å²) in [5.41, 5.74) is 0. The first-order chi connectivity index (χ1) is 4.74. The van der Waals surface area contributed by atoms with Gasteiger partial charge in [0.15, 0.2) is 6.20 Å². The molecule has 1 nitrogen and oxygen atoms in total. The second-order valence-corrected chi connectivity index (χ2v) is 4.01. The molecule has 0 saturated carbocycles. The van der Waals surface area contributed by atoms with Crippen LogP contribution >= 0.6 is 38.5 Å². The van der Waals surface area contributed by atoms with E-state index in [0.717, 1.165) is 11.1 Å². The number of nitrogens with zero attached hydrogens (tertiary/aromatic N) is 1. The third kappa shape index (κ3) is 1.92. The Hall–Kier alpha value is 0.360.